The highest BCUT2D eigenvalue weighted by molar-refractivity contribution is 7.18. The maximum absolute atomic E-state index is 12.8. The van der Waals surface area contributed by atoms with Crippen molar-refractivity contribution in [3.63, 3.8) is 0 Å². The quantitative estimate of drug-likeness (QED) is 0.435. The molecule has 0 radical (unpaired) electrons. The Balaban J connectivity index is 1.45. The summed E-state index contributed by atoms with van der Waals surface area (Å²) in [5.74, 6) is 0.252. The van der Waals surface area contributed by atoms with Gasteiger partial charge in [-0.2, -0.15) is 0 Å². The van der Waals surface area contributed by atoms with Gasteiger partial charge in [-0.3, -0.25) is 9.59 Å². The summed E-state index contributed by atoms with van der Waals surface area (Å²) in [5, 5.41) is 2.78. The molecule has 2 aromatic heterocycles. The maximum Gasteiger partial charge on any atom is 0.341 e. The second-order valence-electron chi connectivity index (χ2n) is 7.28. The lowest BCUT2D eigenvalue weighted by atomic mass is 10.1. The number of anilines is 1. The zero-order valence-corrected chi connectivity index (χ0v) is 19.3. The van der Waals surface area contributed by atoms with Crippen molar-refractivity contribution in [1.82, 2.24) is 0 Å². The zero-order chi connectivity index (χ0) is 24.2. The van der Waals surface area contributed by atoms with Crippen molar-refractivity contribution in [2.75, 3.05) is 18.7 Å². The molecule has 34 heavy (non-hydrogen) atoms. The number of thiophene rings is 1. The summed E-state index contributed by atoms with van der Waals surface area (Å²) in [7, 11) is 0. The average molecular weight is 487 g/mol. The van der Waals surface area contributed by atoms with Crippen molar-refractivity contribution in [2.24, 2.45) is 5.73 Å². The van der Waals surface area contributed by atoms with Crippen LogP contribution >= 0.6 is 11.3 Å². The molecule has 0 aliphatic carbocycles. The largest absolute Gasteiger partial charge is 0.486 e. The third-order valence-electron chi connectivity index (χ3n) is 4.85. The first kappa shape index (κ1) is 23.2. The lowest BCUT2D eigenvalue weighted by molar-refractivity contribution is 0.0506. The van der Waals surface area contributed by atoms with Crippen LogP contribution in [0.5, 0.6) is 17.2 Å². The second kappa shape index (κ2) is 9.87. The average Bonchev–Trinajstić information content (AvgIpc) is 3.54. The fourth-order valence-electron chi connectivity index (χ4n) is 3.21. The summed E-state index contributed by atoms with van der Waals surface area (Å²) in [5.41, 5.74) is 5.86. The summed E-state index contributed by atoms with van der Waals surface area (Å²) in [6, 6.07) is 8.27. The number of ether oxygens (including phenoxy) is 4. The minimum Gasteiger partial charge on any atom is -0.486 e. The van der Waals surface area contributed by atoms with Gasteiger partial charge in [0.2, 0.25) is 6.79 Å². The van der Waals surface area contributed by atoms with Crippen LogP contribution in [0.25, 0.3) is 0 Å². The topological polar surface area (TPSA) is 139 Å². The van der Waals surface area contributed by atoms with E-state index in [9.17, 15) is 14.4 Å². The predicted molar refractivity (Wildman–Crippen MR) is 122 cm³/mol. The van der Waals surface area contributed by atoms with Gasteiger partial charge in [0.05, 0.1) is 17.0 Å². The van der Waals surface area contributed by atoms with Crippen LogP contribution in [0.15, 0.2) is 34.7 Å². The number of nitrogens with one attached hydrogen (secondary N) is 1. The third-order valence-corrected chi connectivity index (χ3v) is 6.07. The van der Waals surface area contributed by atoms with Gasteiger partial charge in [0, 0.05) is 6.07 Å². The molecule has 0 saturated carbocycles. The lowest BCUT2D eigenvalue weighted by Crippen LogP contribution is -2.15. The van der Waals surface area contributed by atoms with Gasteiger partial charge in [0.25, 0.3) is 11.8 Å². The Kier molecular flexibility index (Phi) is 6.73. The molecule has 0 atom stereocenters. The molecular weight excluding hydrogens is 464 g/mol. The first-order valence-corrected chi connectivity index (χ1v) is 11.2. The zero-order valence-electron chi connectivity index (χ0n) is 18.5. The Labute approximate surface area is 198 Å². The number of esters is 1. The fourth-order valence-corrected chi connectivity index (χ4v) is 4.25. The molecule has 178 valence electrons. The van der Waals surface area contributed by atoms with Gasteiger partial charge in [-0.25, -0.2) is 4.79 Å². The standard InChI is InChI=1S/C23H22N2O8S/c1-3-8-29-23(28)18-12(2)19(20(24)26)34-22(18)25-21(27)16-7-5-14(33-16)10-30-13-4-6-15-17(9-13)32-11-31-15/h4-7,9H,3,8,10-11H2,1-2H3,(H2,24,26)(H,25,27). The molecular formula is C23H22N2O8S. The molecule has 3 aromatic rings. The Morgan fingerprint density at radius 3 is 2.71 bits per heavy atom. The Morgan fingerprint density at radius 2 is 1.94 bits per heavy atom. The highest BCUT2D eigenvalue weighted by atomic mass is 32.1. The van der Waals surface area contributed by atoms with E-state index in [-0.39, 0.29) is 41.2 Å². The van der Waals surface area contributed by atoms with E-state index in [1.54, 1.807) is 31.2 Å². The summed E-state index contributed by atoms with van der Waals surface area (Å²) < 4.78 is 27.1. The number of primary amides is 1. The summed E-state index contributed by atoms with van der Waals surface area (Å²) in [6.45, 7) is 3.88. The molecule has 10 nitrogen and oxygen atoms in total. The number of nitrogens with two attached hydrogens (primary N) is 1. The highest BCUT2D eigenvalue weighted by Crippen LogP contribution is 2.36. The van der Waals surface area contributed by atoms with Gasteiger partial charge >= 0.3 is 5.97 Å². The van der Waals surface area contributed by atoms with Crippen molar-refractivity contribution >= 4 is 34.1 Å². The molecule has 3 heterocycles. The molecule has 0 fully saturated rings. The SMILES string of the molecule is CCCOC(=O)c1c(NC(=O)c2ccc(COc3ccc4c(c3)OCO4)o2)sc(C(N)=O)c1C. The summed E-state index contributed by atoms with van der Waals surface area (Å²) in [6.07, 6.45) is 0.628. The van der Waals surface area contributed by atoms with Crippen LogP contribution in [0.2, 0.25) is 0 Å². The summed E-state index contributed by atoms with van der Waals surface area (Å²) >= 11 is 0.907. The molecule has 0 saturated heterocycles. The molecule has 3 N–H and O–H groups in total. The van der Waals surface area contributed by atoms with Crippen molar-refractivity contribution in [3.8, 4) is 17.2 Å². The lowest BCUT2D eigenvalue weighted by Gasteiger charge is -2.07. The van der Waals surface area contributed by atoms with E-state index in [0.717, 1.165) is 11.3 Å². The van der Waals surface area contributed by atoms with Gasteiger partial charge < -0.3 is 34.4 Å². The molecule has 1 aliphatic rings. The second-order valence-corrected chi connectivity index (χ2v) is 8.30. The maximum atomic E-state index is 12.8. The van der Waals surface area contributed by atoms with Crippen LogP contribution in [-0.4, -0.2) is 31.2 Å². The molecule has 0 spiro atoms. The number of fused-ring (bicyclic) bond motifs is 1. The molecule has 0 bridgehead atoms. The van der Waals surface area contributed by atoms with Crippen LogP contribution < -0.4 is 25.3 Å². The van der Waals surface area contributed by atoms with E-state index < -0.39 is 17.8 Å². The van der Waals surface area contributed by atoms with E-state index in [4.69, 9.17) is 29.1 Å². The number of benzene rings is 1. The van der Waals surface area contributed by atoms with Crippen LogP contribution in [0.3, 0.4) is 0 Å². The molecule has 1 aliphatic heterocycles. The minimum absolute atomic E-state index is 0.00356. The molecule has 2 amide bonds. The number of rotatable bonds is 9. The van der Waals surface area contributed by atoms with Crippen molar-refractivity contribution in [3.05, 3.63) is 57.9 Å². The highest BCUT2D eigenvalue weighted by Gasteiger charge is 2.26. The predicted octanol–water partition coefficient (Wildman–Crippen LogP) is 3.88. The first-order chi connectivity index (χ1) is 16.4. The third kappa shape index (κ3) is 4.84. The van der Waals surface area contributed by atoms with Crippen LogP contribution in [0.4, 0.5) is 5.00 Å². The van der Waals surface area contributed by atoms with Crippen molar-refractivity contribution < 1.29 is 37.7 Å². The fraction of sp³-hybridized carbons (Fsp3) is 0.261. The molecule has 1 aromatic carbocycles. The van der Waals surface area contributed by atoms with Gasteiger partial charge in [0.15, 0.2) is 17.3 Å². The van der Waals surface area contributed by atoms with Crippen molar-refractivity contribution in [1.29, 1.82) is 0 Å². The van der Waals surface area contributed by atoms with E-state index in [0.29, 0.717) is 35.0 Å². The van der Waals surface area contributed by atoms with Crippen LogP contribution in [0.1, 0.15) is 55.3 Å². The molecule has 0 unspecified atom stereocenters. The monoisotopic (exact) mass is 486 g/mol. The van der Waals surface area contributed by atoms with Gasteiger partial charge in [-0.1, -0.05) is 6.92 Å². The number of furan rings is 1. The van der Waals surface area contributed by atoms with Gasteiger partial charge in [-0.05, 0) is 43.2 Å². The van der Waals surface area contributed by atoms with E-state index in [2.05, 4.69) is 5.32 Å². The first-order valence-electron chi connectivity index (χ1n) is 10.4. The summed E-state index contributed by atoms with van der Waals surface area (Å²) in [4.78, 5) is 37.2. The van der Waals surface area contributed by atoms with E-state index >= 15 is 0 Å². The number of amides is 2. The Morgan fingerprint density at radius 1 is 1.15 bits per heavy atom. The molecule has 11 heteroatoms. The van der Waals surface area contributed by atoms with Crippen LogP contribution in [-0.2, 0) is 11.3 Å². The number of carbonyl (C=O) groups is 3. The number of carbonyl (C=O) groups excluding carboxylic acids is 3. The van der Waals surface area contributed by atoms with Gasteiger partial charge in [-0.15, -0.1) is 11.3 Å². The minimum atomic E-state index is -0.700. The van der Waals surface area contributed by atoms with E-state index in [1.165, 1.54) is 6.07 Å². The van der Waals surface area contributed by atoms with Crippen LogP contribution in [0, 0.1) is 6.92 Å². The number of hydrogen-bond acceptors (Lipinski definition) is 9. The van der Waals surface area contributed by atoms with Crippen molar-refractivity contribution in [2.45, 2.75) is 26.9 Å². The normalized spacial score (nSPS) is 11.8. The van der Waals surface area contributed by atoms with Gasteiger partial charge in [0.1, 0.15) is 23.1 Å². The smallest absolute Gasteiger partial charge is 0.341 e. The number of hydrogen-bond donors (Lipinski definition) is 2. The Bertz CT molecular complexity index is 1250. The molecule has 4 rings (SSSR count). The van der Waals surface area contributed by atoms with E-state index in [1.807, 2.05) is 6.92 Å². The Hall–Kier alpha value is -3.99.